The molecular formula is C29H24BrClN2O6. The number of rotatable bonds is 10. The zero-order chi connectivity index (χ0) is 27.9. The number of hydrogen-bond acceptors (Lipinski definition) is 6. The Morgan fingerprint density at radius 3 is 2.38 bits per heavy atom. The molecule has 0 unspecified atom stereocenters. The van der Waals surface area contributed by atoms with Crippen LogP contribution in [-0.2, 0) is 16.2 Å². The van der Waals surface area contributed by atoms with Gasteiger partial charge < -0.3 is 14.2 Å². The van der Waals surface area contributed by atoms with Crippen molar-refractivity contribution in [3.05, 3.63) is 99.5 Å². The summed E-state index contributed by atoms with van der Waals surface area (Å²) in [6.07, 6.45) is 2.91. The van der Waals surface area contributed by atoms with Gasteiger partial charge in [-0.3, -0.25) is 14.9 Å². The third kappa shape index (κ3) is 6.68. The maximum atomic E-state index is 13.3. The molecule has 3 aromatic carbocycles. The Labute approximate surface area is 238 Å². The normalized spacial score (nSPS) is 14.3. The summed E-state index contributed by atoms with van der Waals surface area (Å²) >= 11 is 9.79. The van der Waals surface area contributed by atoms with Gasteiger partial charge in [-0.05, 0) is 72.7 Å². The zero-order valence-electron chi connectivity index (χ0n) is 20.9. The van der Waals surface area contributed by atoms with Gasteiger partial charge in [0.05, 0.1) is 17.3 Å². The number of nitrogens with one attached hydrogen (secondary N) is 1. The summed E-state index contributed by atoms with van der Waals surface area (Å²) in [6.45, 7) is 6.32. The van der Waals surface area contributed by atoms with Crippen LogP contribution in [0.5, 0.6) is 17.2 Å². The summed E-state index contributed by atoms with van der Waals surface area (Å²) in [4.78, 5) is 39.5. The van der Waals surface area contributed by atoms with Crippen molar-refractivity contribution in [2.75, 3.05) is 18.1 Å². The van der Waals surface area contributed by atoms with Crippen molar-refractivity contribution >= 4 is 57.1 Å². The maximum absolute atomic E-state index is 13.3. The molecule has 8 nitrogen and oxygen atoms in total. The first-order chi connectivity index (χ1) is 18.8. The van der Waals surface area contributed by atoms with Crippen molar-refractivity contribution in [3.8, 4) is 17.2 Å². The standard InChI is InChI=1S/C29H24BrClN2O6/c1-3-13-38-26-24(31)15-19(16-25(26)37-4-2)14-23-27(34)32-29(36)33(28(23)35)21-9-11-22(12-10-21)39-17-18-5-7-20(30)8-6-18/h3,5-12,14-16H,1,4,13,17H2,2H3,(H,32,34,36)/b23-14+. The highest BCUT2D eigenvalue weighted by Gasteiger charge is 2.37. The molecule has 0 spiro atoms. The highest BCUT2D eigenvalue weighted by molar-refractivity contribution is 9.10. The van der Waals surface area contributed by atoms with Crippen molar-refractivity contribution in [2.24, 2.45) is 0 Å². The van der Waals surface area contributed by atoms with Crippen LogP contribution in [0.4, 0.5) is 10.5 Å². The van der Waals surface area contributed by atoms with E-state index in [2.05, 4.69) is 27.8 Å². The monoisotopic (exact) mass is 610 g/mol. The number of benzene rings is 3. The van der Waals surface area contributed by atoms with Gasteiger partial charge in [0.25, 0.3) is 11.8 Å². The van der Waals surface area contributed by atoms with Crippen LogP contribution < -0.4 is 24.4 Å². The van der Waals surface area contributed by atoms with E-state index in [1.165, 1.54) is 12.1 Å². The lowest BCUT2D eigenvalue weighted by atomic mass is 10.1. The first kappa shape index (κ1) is 27.9. The van der Waals surface area contributed by atoms with E-state index in [1.807, 2.05) is 24.3 Å². The van der Waals surface area contributed by atoms with Crippen molar-refractivity contribution < 1.29 is 28.6 Å². The molecule has 10 heteroatoms. The minimum absolute atomic E-state index is 0.215. The minimum Gasteiger partial charge on any atom is -0.490 e. The molecule has 39 heavy (non-hydrogen) atoms. The average molecular weight is 612 g/mol. The van der Waals surface area contributed by atoms with Crippen LogP contribution in [0.2, 0.25) is 5.02 Å². The molecule has 200 valence electrons. The molecule has 1 N–H and O–H groups in total. The highest BCUT2D eigenvalue weighted by atomic mass is 79.9. The Bertz CT molecular complexity index is 1440. The smallest absolute Gasteiger partial charge is 0.335 e. The predicted molar refractivity (Wildman–Crippen MR) is 152 cm³/mol. The molecule has 0 radical (unpaired) electrons. The highest BCUT2D eigenvalue weighted by Crippen LogP contribution is 2.37. The molecule has 1 aliphatic heterocycles. The number of hydrogen-bond donors (Lipinski definition) is 1. The van der Waals surface area contributed by atoms with Crippen LogP contribution in [0.1, 0.15) is 18.1 Å². The van der Waals surface area contributed by atoms with Crippen LogP contribution in [0, 0.1) is 0 Å². The van der Waals surface area contributed by atoms with E-state index in [0.29, 0.717) is 36.0 Å². The van der Waals surface area contributed by atoms with E-state index in [9.17, 15) is 14.4 Å². The number of halogens is 2. The van der Waals surface area contributed by atoms with E-state index in [0.717, 1.165) is 14.9 Å². The van der Waals surface area contributed by atoms with Crippen molar-refractivity contribution in [1.82, 2.24) is 5.32 Å². The van der Waals surface area contributed by atoms with E-state index in [-0.39, 0.29) is 22.9 Å². The zero-order valence-corrected chi connectivity index (χ0v) is 23.3. The molecule has 0 saturated carbocycles. The van der Waals surface area contributed by atoms with Gasteiger partial charge >= 0.3 is 6.03 Å². The van der Waals surface area contributed by atoms with E-state index in [4.69, 9.17) is 25.8 Å². The Morgan fingerprint density at radius 2 is 1.72 bits per heavy atom. The van der Waals surface area contributed by atoms with Crippen molar-refractivity contribution in [2.45, 2.75) is 13.5 Å². The second kappa shape index (κ2) is 12.6. The van der Waals surface area contributed by atoms with Gasteiger partial charge in [0.1, 0.15) is 24.5 Å². The molecule has 0 atom stereocenters. The lowest BCUT2D eigenvalue weighted by Gasteiger charge is -2.26. The van der Waals surface area contributed by atoms with Gasteiger partial charge in [-0.25, -0.2) is 9.69 Å². The summed E-state index contributed by atoms with van der Waals surface area (Å²) in [7, 11) is 0. The number of anilines is 1. The number of nitrogens with zero attached hydrogens (tertiary/aromatic N) is 1. The Balaban J connectivity index is 1.56. The van der Waals surface area contributed by atoms with Gasteiger partial charge in [-0.2, -0.15) is 0 Å². The SMILES string of the molecule is C=CCOc1c(Cl)cc(/C=C2\C(=O)NC(=O)N(c3ccc(OCc4ccc(Br)cc4)cc3)C2=O)cc1OCC. The van der Waals surface area contributed by atoms with Gasteiger partial charge in [0.2, 0.25) is 0 Å². The third-order valence-corrected chi connectivity index (χ3v) is 6.31. The summed E-state index contributed by atoms with van der Waals surface area (Å²) in [5, 5.41) is 2.44. The number of amides is 4. The molecule has 0 aromatic heterocycles. The molecule has 0 bridgehead atoms. The summed E-state index contributed by atoms with van der Waals surface area (Å²) < 4.78 is 18.0. The van der Waals surface area contributed by atoms with Crippen LogP contribution in [0.3, 0.4) is 0 Å². The van der Waals surface area contributed by atoms with Crippen LogP contribution >= 0.6 is 27.5 Å². The number of imide groups is 2. The van der Waals surface area contributed by atoms with Gasteiger partial charge in [-0.1, -0.05) is 52.3 Å². The van der Waals surface area contributed by atoms with Crippen LogP contribution in [0.25, 0.3) is 6.08 Å². The summed E-state index contributed by atoms with van der Waals surface area (Å²) in [6, 6.07) is 16.4. The molecule has 1 aliphatic rings. The Hall–Kier alpha value is -4.08. The van der Waals surface area contributed by atoms with Crippen LogP contribution in [0.15, 0.2) is 83.4 Å². The summed E-state index contributed by atoms with van der Waals surface area (Å²) in [5.74, 6) is -0.395. The largest absolute Gasteiger partial charge is 0.490 e. The predicted octanol–water partition coefficient (Wildman–Crippen LogP) is 6.31. The molecular weight excluding hydrogens is 588 g/mol. The molecule has 1 heterocycles. The minimum atomic E-state index is -0.855. The second-order valence-corrected chi connectivity index (χ2v) is 9.55. The quantitative estimate of drug-likeness (QED) is 0.164. The van der Waals surface area contributed by atoms with Crippen LogP contribution in [-0.4, -0.2) is 31.1 Å². The third-order valence-electron chi connectivity index (χ3n) is 5.50. The van der Waals surface area contributed by atoms with Crippen molar-refractivity contribution in [3.63, 3.8) is 0 Å². The van der Waals surface area contributed by atoms with Gasteiger partial charge in [0, 0.05) is 4.47 Å². The second-order valence-electron chi connectivity index (χ2n) is 8.23. The lowest BCUT2D eigenvalue weighted by Crippen LogP contribution is -2.54. The van der Waals surface area contributed by atoms with Gasteiger partial charge in [-0.15, -0.1) is 0 Å². The molecule has 0 aliphatic carbocycles. The Kier molecular flexibility index (Phi) is 9.06. The number of carbonyl (C=O) groups excluding carboxylic acids is 3. The van der Waals surface area contributed by atoms with E-state index < -0.39 is 17.8 Å². The van der Waals surface area contributed by atoms with E-state index in [1.54, 1.807) is 43.3 Å². The molecule has 1 saturated heterocycles. The Morgan fingerprint density at radius 1 is 1.00 bits per heavy atom. The molecule has 1 fully saturated rings. The number of barbiturate groups is 1. The lowest BCUT2D eigenvalue weighted by molar-refractivity contribution is -0.122. The number of carbonyl (C=O) groups is 3. The summed E-state index contributed by atoms with van der Waals surface area (Å²) in [5.41, 5.74) is 1.42. The fourth-order valence-corrected chi connectivity index (χ4v) is 4.25. The van der Waals surface area contributed by atoms with Gasteiger partial charge in [0.15, 0.2) is 11.5 Å². The molecule has 4 amide bonds. The number of urea groups is 1. The maximum Gasteiger partial charge on any atom is 0.335 e. The fourth-order valence-electron chi connectivity index (χ4n) is 3.71. The molecule has 4 rings (SSSR count). The first-order valence-corrected chi connectivity index (χ1v) is 13.1. The average Bonchev–Trinajstić information content (AvgIpc) is 2.91. The van der Waals surface area contributed by atoms with Crippen molar-refractivity contribution in [1.29, 1.82) is 0 Å². The number of ether oxygens (including phenoxy) is 3. The first-order valence-electron chi connectivity index (χ1n) is 11.9. The molecule has 3 aromatic rings. The topological polar surface area (TPSA) is 94.2 Å². The fraction of sp³-hybridized carbons (Fsp3) is 0.138. The van der Waals surface area contributed by atoms with E-state index >= 15 is 0 Å².